The van der Waals surface area contributed by atoms with Crippen LogP contribution >= 0.6 is 0 Å². The second-order valence-electron chi connectivity index (χ2n) is 4.12. The third-order valence-electron chi connectivity index (χ3n) is 2.53. The number of hydrazine groups is 1. The van der Waals surface area contributed by atoms with Gasteiger partial charge in [-0.15, -0.1) is 0 Å². The summed E-state index contributed by atoms with van der Waals surface area (Å²) in [7, 11) is 1.63. The first kappa shape index (κ1) is 13.4. The molecule has 1 aromatic carbocycles. The number of methoxy groups -OCH3 is 1. The minimum Gasteiger partial charge on any atom is -0.454 e. The standard InChI is InChI=1S/C12H18N4O3/c1-8(6-17-2)14-12(16-13)15-9-3-4-10-11(5-9)19-7-18-10/h3-5,8H,6-7,13H2,1-2H3,(H2,14,15,16). The van der Waals surface area contributed by atoms with Gasteiger partial charge in [0.05, 0.1) is 12.6 Å². The number of fused-ring (bicyclic) bond motifs is 1. The van der Waals surface area contributed by atoms with Crippen LogP contribution in [0.1, 0.15) is 6.92 Å². The molecule has 1 aromatic rings. The highest BCUT2D eigenvalue weighted by molar-refractivity contribution is 5.93. The number of anilines is 1. The number of ether oxygens (including phenoxy) is 3. The zero-order valence-electron chi connectivity index (χ0n) is 11.0. The van der Waals surface area contributed by atoms with E-state index in [2.05, 4.69) is 15.7 Å². The van der Waals surface area contributed by atoms with Crippen molar-refractivity contribution in [1.29, 1.82) is 0 Å². The normalized spacial score (nSPS) is 15.2. The SMILES string of the molecule is COCC(C)N=C(NN)Nc1ccc2c(c1)OCO2. The molecule has 0 saturated carbocycles. The number of benzene rings is 1. The van der Waals surface area contributed by atoms with E-state index in [-0.39, 0.29) is 12.8 Å². The lowest BCUT2D eigenvalue weighted by Crippen LogP contribution is -2.37. The maximum absolute atomic E-state index is 5.44. The Bertz CT molecular complexity index is 464. The van der Waals surface area contributed by atoms with E-state index in [4.69, 9.17) is 20.1 Å². The molecule has 1 atom stereocenters. The molecule has 0 aliphatic carbocycles. The van der Waals surface area contributed by atoms with Crippen molar-refractivity contribution in [1.82, 2.24) is 5.43 Å². The van der Waals surface area contributed by atoms with E-state index in [1.165, 1.54) is 0 Å². The number of nitrogens with one attached hydrogen (secondary N) is 2. The largest absolute Gasteiger partial charge is 0.454 e. The Morgan fingerprint density at radius 2 is 2.26 bits per heavy atom. The van der Waals surface area contributed by atoms with E-state index >= 15 is 0 Å². The molecule has 1 aliphatic heterocycles. The molecule has 0 bridgehead atoms. The highest BCUT2D eigenvalue weighted by Crippen LogP contribution is 2.34. The van der Waals surface area contributed by atoms with Crippen LogP contribution in [0.15, 0.2) is 23.2 Å². The van der Waals surface area contributed by atoms with E-state index in [0.29, 0.717) is 18.3 Å². The Morgan fingerprint density at radius 3 is 3.00 bits per heavy atom. The minimum atomic E-state index is -0.00226. The van der Waals surface area contributed by atoms with E-state index in [0.717, 1.165) is 11.4 Å². The van der Waals surface area contributed by atoms with Crippen molar-refractivity contribution >= 4 is 11.6 Å². The monoisotopic (exact) mass is 266 g/mol. The number of nitrogens with two attached hydrogens (primary N) is 1. The van der Waals surface area contributed by atoms with Crippen LogP contribution in [0.4, 0.5) is 5.69 Å². The number of hydrogen-bond donors (Lipinski definition) is 3. The van der Waals surface area contributed by atoms with Gasteiger partial charge in [0.2, 0.25) is 12.8 Å². The van der Waals surface area contributed by atoms with Gasteiger partial charge in [-0.1, -0.05) is 0 Å². The van der Waals surface area contributed by atoms with Gasteiger partial charge in [0.15, 0.2) is 11.5 Å². The molecule has 1 heterocycles. The second kappa shape index (κ2) is 6.26. The summed E-state index contributed by atoms with van der Waals surface area (Å²) >= 11 is 0. The van der Waals surface area contributed by atoms with E-state index < -0.39 is 0 Å². The first-order chi connectivity index (χ1) is 9.22. The second-order valence-corrected chi connectivity index (χ2v) is 4.12. The Hall–Kier alpha value is -1.99. The van der Waals surface area contributed by atoms with Crippen molar-refractivity contribution in [2.24, 2.45) is 10.8 Å². The van der Waals surface area contributed by atoms with Crippen molar-refractivity contribution in [3.8, 4) is 11.5 Å². The summed E-state index contributed by atoms with van der Waals surface area (Å²) in [5, 5.41) is 3.07. The summed E-state index contributed by atoms with van der Waals surface area (Å²) in [6, 6.07) is 5.52. The third kappa shape index (κ3) is 3.49. The molecule has 0 aromatic heterocycles. The van der Waals surface area contributed by atoms with Crippen LogP contribution in [0.3, 0.4) is 0 Å². The van der Waals surface area contributed by atoms with Crippen LogP contribution in [-0.2, 0) is 4.74 Å². The van der Waals surface area contributed by atoms with Crippen molar-refractivity contribution in [2.75, 3.05) is 25.8 Å². The highest BCUT2D eigenvalue weighted by Gasteiger charge is 2.13. The third-order valence-corrected chi connectivity index (χ3v) is 2.53. The maximum atomic E-state index is 5.44. The molecule has 4 N–H and O–H groups in total. The van der Waals surface area contributed by atoms with Gasteiger partial charge in [0.25, 0.3) is 0 Å². The molecule has 0 spiro atoms. The molecule has 1 aliphatic rings. The Labute approximate surface area is 111 Å². The average Bonchev–Trinajstić information content (AvgIpc) is 2.85. The fraction of sp³-hybridized carbons (Fsp3) is 0.417. The zero-order chi connectivity index (χ0) is 13.7. The number of hydrogen-bond acceptors (Lipinski definition) is 5. The van der Waals surface area contributed by atoms with Crippen LogP contribution in [0.25, 0.3) is 0 Å². The summed E-state index contributed by atoms with van der Waals surface area (Å²) in [6.45, 7) is 2.70. The molecule has 104 valence electrons. The van der Waals surface area contributed by atoms with Gasteiger partial charge in [-0.05, 0) is 19.1 Å². The molecule has 0 radical (unpaired) electrons. The van der Waals surface area contributed by atoms with Gasteiger partial charge in [-0.25, -0.2) is 10.8 Å². The zero-order valence-corrected chi connectivity index (χ0v) is 11.0. The van der Waals surface area contributed by atoms with E-state index in [9.17, 15) is 0 Å². The first-order valence-electron chi connectivity index (χ1n) is 5.93. The molecular formula is C12H18N4O3. The molecule has 7 nitrogen and oxygen atoms in total. The van der Waals surface area contributed by atoms with E-state index in [1.807, 2.05) is 25.1 Å². The predicted octanol–water partition coefficient (Wildman–Crippen LogP) is 0.681. The molecule has 0 amide bonds. The van der Waals surface area contributed by atoms with E-state index in [1.54, 1.807) is 7.11 Å². The van der Waals surface area contributed by atoms with Crippen molar-refractivity contribution in [2.45, 2.75) is 13.0 Å². The molecule has 0 saturated heterocycles. The Kier molecular flexibility index (Phi) is 4.43. The van der Waals surface area contributed by atoms with Gasteiger partial charge in [0.1, 0.15) is 0 Å². The average molecular weight is 266 g/mol. The Balaban J connectivity index is 2.06. The molecule has 2 rings (SSSR count). The molecule has 19 heavy (non-hydrogen) atoms. The van der Waals surface area contributed by atoms with Crippen LogP contribution in [0.2, 0.25) is 0 Å². The van der Waals surface area contributed by atoms with Crippen molar-refractivity contribution in [3.05, 3.63) is 18.2 Å². The summed E-state index contributed by atoms with van der Waals surface area (Å²) in [5.74, 6) is 7.33. The van der Waals surface area contributed by atoms with Crippen molar-refractivity contribution in [3.63, 3.8) is 0 Å². The fourth-order valence-electron chi connectivity index (χ4n) is 1.72. The quantitative estimate of drug-likeness (QED) is 0.321. The summed E-state index contributed by atoms with van der Waals surface area (Å²) in [5.41, 5.74) is 3.33. The van der Waals surface area contributed by atoms with Crippen molar-refractivity contribution < 1.29 is 14.2 Å². The lowest BCUT2D eigenvalue weighted by Gasteiger charge is -2.12. The van der Waals surface area contributed by atoms with Gasteiger partial charge in [0, 0.05) is 18.9 Å². The minimum absolute atomic E-state index is 0.00226. The Morgan fingerprint density at radius 1 is 1.47 bits per heavy atom. The fourth-order valence-corrected chi connectivity index (χ4v) is 1.72. The smallest absolute Gasteiger partial charge is 0.231 e. The molecule has 7 heteroatoms. The van der Waals surface area contributed by atoms with Crippen LogP contribution < -0.4 is 26.1 Å². The number of nitrogens with zero attached hydrogens (tertiary/aromatic N) is 1. The first-order valence-corrected chi connectivity index (χ1v) is 5.93. The summed E-state index contributed by atoms with van der Waals surface area (Å²) < 4.78 is 15.6. The number of rotatable bonds is 4. The van der Waals surface area contributed by atoms with Crippen LogP contribution in [0.5, 0.6) is 11.5 Å². The summed E-state index contributed by atoms with van der Waals surface area (Å²) in [4.78, 5) is 4.35. The maximum Gasteiger partial charge on any atom is 0.231 e. The predicted molar refractivity (Wildman–Crippen MR) is 72.3 cm³/mol. The molecular weight excluding hydrogens is 248 g/mol. The van der Waals surface area contributed by atoms with Gasteiger partial charge >= 0.3 is 0 Å². The van der Waals surface area contributed by atoms with Crippen LogP contribution in [-0.4, -0.2) is 32.5 Å². The lowest BCUT2D eigenvalue weighted by molar-refractivity contribution is 0.174. The highest BCUT2D eigenvalue weighted by atomic mass is 16.7. The summed E-state index contributed by atoms with van der Waals surface area (Å²) in [6.07, 6.45) is 0. The molecule has 0 fully saturated rings. The topological polar surface area (TPSA) is 90.1 Å². The molecule has 1 unspecified atom stereocenters. The van der Waals surface area contributed by atoms with Crippen LogP contribution in [0, 0.1) is 0 Å². The lowest BCUT2D eigenvalue weighted by atomic mass is 10.3. The van der Waals surface area contributed by atoms with Gasteiger partial charge in [-0.3, -0.25) is 5.43 Å². The number of aliphatic imine (C=N–C) groups is 1. The van der Waals surface area contributed by atoms with Gasteiger partial charge in [-0.2, -0.15) is 0 Å². The number of guanidine groups is 1. The van der Waals surface area contributed by atoms with Gasteiger partial charge < -0.3 is 19.5 Å².